The standard InChI is InChI=1S/C19H17F2NO5S/c1-11(19(24)22-15-8-12(20)2-4-14(15)21)27-18(23)10-28-13-3-5-16-17(9-13)26-7-6-25-16/h2-5,8-9,11H,6-7,10H2,1H3,(H,22,24)/t11-/m1/s1. The van der Waals surface area contributed by atoms with Crippen LogP contribution in [0.15, 0.2) is 41.3 Å². The molecule has 3 rings (SSSR count). The Morgan fingerprint density at radius 1 is 1.14 bits per heavy atom. The summed E-state index contributed by atoms with van der Waals surface area (Å²) in [5.74, 6) is -1.66. The van der Waals surface area contributed by atoms with Gasteiger partial charge < -0.3 is 19.5 Å². The fraction of sp³-hybridized carbons (Fsp3) is 0.263. The number of esters is 1. The molecule has 148 valence electrons. The van der Waals surface area contributed by atoms with Crippen LogP contribution in [0.4, 0.5) is 14.5 Å². The van der Waals surface area contributed by atoms with E-state index in [0.29, 0.717) is 24.7 Å². The zero-order valence-electron chi connectivity index (χ0n) is 14.9. The van der Waals surface area contributed by atoms with Crippen LogP contribution in [0.25, 0.3) is 0 Å². The number of ether oxygens (including phenoxy) is 3. The molecule has 1 heterocycles. The molecule has 0 unspecified atom stereocenters. The summed E-state index contributed by atoms with van der Waals surface area (Å²) in [5.41, 5.74) is -0.321. The van der Waals surface area contributed by atoms with Crippen molar-refractivity contribution in [1.29, 1.82) is 0 Å². The molecule has 0 saturated carbocycles. The maximum atomic E-state index is 13.6. The molecule has 28 heavy (non-hydrogen) atoms. The van der Waals surface area contributed by atoms with E-state index in [0.717, 1.165) is 23.1 Å². The number of fused-ring (bicyclic) bond motifs is 1. The molecular formula is C19H17F2NO5S. The van der Waals surface area contributed by atoms with Gasteiger partial charge in [0.1, 0.15) is 24.8 Å². The Kier molecular flexibility index (Phi) is 6.35. The van der Waals surface area contributed by atoms with Gasteiger partial charge in [-0.15, -0.1) is 11.8 Å². The summed E-state index contributed by atoms with van der Waals surface area (Å²) in [4.78, 5) is 24.8. The molecule has 1 atom stereocenters. The number of thioether (sulfide) groups is 1. The van der Waals surface area contributed by atoms with Gasteiger partial charge in [-0.1, -0.05) is 0 Å². The second-order valence-electron chi connectivity index (χ2n) is 5.84. The highest BCUT2D eigenvalue weighted by Gasteiger charge is 2.20. The summed E-state index contributed by atoms with van der Waals surface area (Å²) in [6.07, 6.45) is -1.17. The topological polar surface area (TPSA) is 73.9 Å². The number of amides is 1. The monoisotopic (exact) mass is 409 g/mol. The van der Waals surface area contributed by atoms with Gasteiger partial charge >= 0.3 is 5.97 Å². The normalized spacial score (nSPS) is 13.5. The predicted octanol–water partition coefficient (Wildman–Crippen LogP) is 3.40. The van der Waals surface area contributed by atoms with E-state index in [2.05, 4.69) is 5.32 Å². The van der Waals surface area contributed by atoms with Crippen molar-refractivity contribution in [3.63, 3.8) is 0 Å². The molecule has 1 amide bonds. The van der Waals surface area contributed by atoms with Gasteiger partial charge in [-0.25, -0.2) is 8.78 Å². The highest BCUT2D eigenvalue weighted by atomic mass is 32.2. The Morgan fingerprint density at radius 3 is 2.68 bits per heavy atom. The lowest BCUT2D eigenvalue weighted by atomic mass is 10.2. The van der Waals surface area contributed by atoms with Crippen molar-refractivity contribution in [3.8, 4) is 11.5 Å². The second-order valence-corrected chi connectivity index (χ2v) is 6.89. The average Bonchev–Trinajstić information content (AvgIpc) is 2.69. The van der Waals surface area contributed by atoms with Crippen molar-refractivity contribution in [1.82, 2.24) is 0 Å². The summed E-state index contributed by atoms with van der Waals surface area (Å²) in [6.45, 7) is 2.30. The van der Waals surface area contributed by atoms with Gasteiger partial charge in [0.2, 0.25) is 0 Å². The number of rotatable bonds is 6. The maximum Gasteiger partial charge on any atom is 0.317 e. The summed E-state index contributed by atoms with van der Waals surface area (Å²) in [5, 5.41) is 2.20. The first-order chi connectivity index (χ1) is 13.4. The van der Waals surface area contributed by atoms with E-state index in [9.17, 15) is 18.4 Å². The van der Waals surface area contributed by atoms with Crippen molar-refractivity contribution in [2.75, 3.05) is 24.3 Å². The van der Waals surface area contributed by atoms with E-state index in [1.165, 1.54) is 18.7 Å². The van der Waals surface area contributed by atoms with Gasteiger partial charge in [-0.05, 0) is 37.3 Å². The Bertz CT molecular complexity index is 893. The zero-order valence-corrected chi connectivity index (χ0v) is 15.7. The molecule has 0 radical (unpaired) electrons. The number of carbonyl (C=O) groups is 2. The molecule has 1 N–H and O–H groups in total. The van der Waals surface area contributed by atoms with Crippen LogP contribution in [0.5, 0.6) is 11.5 Å². The second kappa shape index (κ2) is 8.92. The van der Waals surface area contributed by atoms with E-state index < -0.39 is 29.6 Å². The van der Waals surface area contributed by atoms with Crippen LogP contribution in [-0.2, 0) is 14.3 Å². The van der Waals surface area contributed by atoms with E-state index in [-0.39, 0.29) is 11.4 Å². The minimum Gasteiger partial charge on any atom is -0.486 e. The van der Waals surface area contributed by atoms with Gasteiger partial charge in [0.15, 0.2) is 17.6 Å². The van der Waals surface area contributed by atoms with Gasteiger partial charge in [0.05, 0.1) is 11.4 Å². The van der Waals surface area contributed by atoms with Crippen LogP contribution in [0.3, 0.4) is 0 Å². The van der Waals surface area contributed by atoms with Crippen LogP contribution in [0, 0.1) is 11.6 Å². The Morgan fingerprint density at radius 2 is 1.89 bits per heavy atom. The van der Waals surface area contributed by atoms with Gasteiger partial charge in [0, 0.05) is 11.0 Å². The largest absolute Gasteiger partial charge is 0.486 e. The molecule has 0 fully saturated rings. The first kappa shape index (κ1) is 19.9. The average molecular weight is 409 g/mol. The first-order valence-corrected chi connectivity index (χ1v) is 9.39. The quantitative estimate of drug-likeness (QED) is 0.582. The number of halogens is 2. The maximum absolute atomic E-state index is 13.6. The van der Waals surface area contributed by atoms with Crippen LogP contribution in [0.2, 0.25) is 0 Å². The van der Waals surface area contributed by atoms with Crippen molar-refractivity contribution < 1.29 is 32.6 Å². The number of benzene rings is 2. The van der Waals surface area contributed by atoms with E-state index in [1.54, 1.807) is 18.2 Å². The van der Waals surface area contributed by atoms with Crippen LogP contribution in [0.1, 0.15) is 6.92 Å². The number of hydrogen-bond acceptors (Lipinski definition) is 6. The molecule has 0 saturated heterocycles. The third-order valence-corrected chi connectivity index (χ3v) is 4.70. The zero-order chi connectivity index (χ0) is 20.1. The first-order valence-electron chi connectivity index (χ1n) is 8.40. The van der Waals surface area contributed by atoms with Gasteiger partial charge in [0.25, 0.3) is 5.91 Å². The lowest BCUT2D eigenvalue weighted by Gasteiger charge is -2.18. The third-order valence-electron chi connectivity index (χ3n) is 3.73. The van der Waals surface area contributed by atoms with Gasteiger partial charge in [-0.2, -0.15) is 0 Å². The third kappa shape index (κ3) is 5.13. The molecule has 0 spiro atoms. The molecule has 9 heteroatoms. The highest BCUT2D eigenvalue weighted by Crippen LogP contribution is 2.34. The smallest absolute Gasteiger partial charge is 0.317 e. The molecule has 2 aromatic carbocycles. The van der Waals surface area contributed by atoms with Gasteiger partial charge in [-0.3, -0.25) is 9.59 Å². The molecule has 2 aromatic rings. The number of nitrogens with one attached hydrogen (secondary N) is 1. The van der Waals surface area contributed by atoms with Crippen molar-refractivity contribution in [2.45, 2.75) is 17.9 Å². The Hall–Kier alpha value is -2.81. The fourth-order valence-corrected chi connectivity index (χ4v) is 3.08. The molecule has 0 aromatic heterocycles. The van der Waals surface area contributed by atoms with Crippen LogP contribution < -0.4 is 14.8 Å². The van der Waals surface area contributed by atoms with Crippen molar-refractivity contribution in [2.24, 2.45) is 0 Å². The SMILES string of the molecule is C[C@@H](OC(=O)CSc1ccc2c(c1)OCCO2)C(=O)Nc1cc(F)ccc1F. The van der Waals surface area contributed by atoms with Crippen molar-refractivity contribution >= 4 is 29.3 Å². The summed E-state index contributed by atoms with van der Waals surface area (Å²) in [7, 11) is 0. The highest BCUT2D eigenvalue weighted by molar-refractivity contribution is 8.00. The Labute approximate surface area is 164 Å². The summed E-state index contributed by atoms with van der Waals surface area (Å²) >= 11 is 1.21. The minimum absolute atomic E-state index is 0.0361. The lowest BCUT2D eigenvalue weighted by Crippen LogP contribution is -2.30. The lowest BCUT2D eigenvalue weighted by molar-refractivity contribution is -0.150. The van der Waals surface area contributed by atoms with E-state index in [4.69, 9.17) is 14.2 Å². The predicted molar refractivity (Wildman–Crippen MR) is 98.7 cm³/mol. The summed E-state index contributed by atoms with van der Waals surface area (Å²) < 4.78 is 42.7. The molecular weight excluding hydrogens is 392 g/mol. The number of hydrogen-bond donors (Lipinski definition) is 1. The van der Waals surface area contributed by atoms with E-state index in [1.807, 2.05) is 0 Å². The van der Waals surface area contributed by atoms with Crippen molar-refractivity contribution in [3.05, 3.63) is 48.0 Å². The van der Waals surface area contributed by atoms with Crippen LogP contribution >= 0.6 is 11.8 Å². The molecule has 1 aliphatic rings. The molecule has 1 aliphatic heterocycles. The number of carbonyl (C=O) groups excluding carboxylic acids is 2. The minimum atomic E-state index is -1.17. The van der Waals surface area contributed by atoms with E-state index >= 15 is 0 Å². The molecule has 0 aliphatic carbocycles. The molecule has 0 bridgehead atoms. The van der Waals surface area contributed by atoms with Crippen LogP contribution in [-0.4, -0.2) is 36.9 Å². The number of anilines is 1. The molecule has 6 nitrogen and oxygen atoms in total. The summed E-state index contributed by atoms with van der Waals surface area (Å²) in [6, 6.07) is 7.98. The fourth-order valence-electron chi connectivity index (χ4n) is 2.37. The Balaban J connectivity index is 1.50.